The number of nitrogens with zero attached hydrogens (tertiary/aromatic N) is 2. The highest BCUT2D eigenvalue weighted by Gasteiger charge is 2.12. The van der Waals surface area contributed by atoms with E-state index in [9.17, 15) is 4.79 Å². The van der Waals surface area contributed by atoms with Crippen molar-refractivity contribution in [3.05, 3.63) is 23.0 Å². The lowest BCUT2D eigenvalue weighted by Gasteiger charge is -2.11. The summed E-state index contributed by atoms with van der Waals surface area (Å²) in [5, 5.41) is 10.6. The molecule has 84 valence electrons. The Morgan fingerprint density at radius 1 is 1.56 bits per heavy atom. The number of terminal acetylenes is 1. The standard InChI is InChI=1S/C12H15N3O/c1-5-6-8(2)13-12(16)11-7-9(3)14-15-10(11)4/h1,7-8H,6H2,2-4H3,(H,13,16). The summed E-state index contributed by atoms with van der Waals surface area (Å²) in [6, 6.07) is 1.69. The molecule has 1 atom stereocenters. The van der Waals surface area contributed by atoms with E-state index in [2.05, 4.69) is 21.4 Å². The molecule has 0 aliphatic carbocycles. The number of carbonyl (C=O) groups excluding carboxylic acids is 1. The minimum absolute atomic E-state index is 0.0367. The summed E-state index contributed by atoms with van der Waals surface area (Å²) in [5.74, 6) is 2.35. The van der Waals surface area contributed by atoms with Gasteiger partial charge in [0, 0.05) is 12.5 Å². The first kappa shape index (κ1) is 12.2. The number of aryl methyl sites for hydroxylation is 2. The molecule has 0 aliphatic heterocycles. The predicted octanol–water partition coefficient (Wildman–Crippen LogP) is 1.24. The van der Waals surface area contributed by atoms with Crippen molar-refractivity contribution in [1.82, 2.24) is 15.5 Å². The predicted molar refractivity (Wildman–Crippen MR) is 61.9 cm³/mol. The van der Waals surface area contributed by atoms with E-state index in [0.29, 0.717) is 17.7 Å². The molecule has 1 N–H and O–H groups in total. The number of amides is 1. The summed E-state index contributed by atoms with van der Waals surface area (Å²) < 4.78 is 0. The molecular formula is C12H15N3O. The summed E-state index contributed by atoms with van der Waals surface area (Å²) in [7, 11) is 0. The molecular weight excluding hydrogens is 202 g/mol. The lowest BCUT2D eigenvalue weighted by Crippen LogP contribution is -2.33. The summed E-state index contributed by atoms with van der Waals surface area (Å²) in [5.41, 5.74) is 1.90. The minimum Gasteiger partial charge on any atom is -0.349 e. The molecule has 1 heterocycles. The Kier molecular flexibility index (Phi) is 4.01. The van der Waals surface area contributed by atoms with Gasteiger partial charge in [-0.1, -0.05) is 0 Å². The van der Waals surface area contributed by atoms with Gasteiger partial charge in [0.2, 0.25) is 0 Å². The Balaban J connectivity index is 2.81. The van der Waals surface area contributed by atoms with Crippen LogP contribution >= 0.6 is 0 Å². The molecule has 1 aromatic heterocycles. The molecule has 0 saturated heterocycles. The second kappa shape index (κ2) is 5.26. The van der Waals surface area contributed by atoms with Gasteiger partial charge in [-0.25, -0.2) is 0 Å². The number of aromatic nitrogens is 2. The van der Waals surface area contributed by atoms with Gasteiger partial charge >= 0.3 is 0 Å². The lowest BCUT2D eigenvalue weighted by molar-refractivity contribution is 0.0939. The van der Waals surface area contributed by atoms with Crippen molar-refractivity contribution in [1.29, 1.82) is 0 Å². The zero-order valence-corrected chi connectivity index (χ0v) is 9.74. The van der Waals surface area contributed by atoms with Gasteiger partial charge in [-0.3, -0.25) is 4.79 Å². The van der Waals surface area contributed by atoms with E-state index in [4.69, 9.17) is 6.42 Å². The van der Waals surface area contributed by atoms with Gasteiger partial charge in [-0.15, -0.1) is 12.3 Å². The van der Waals surface area contributed by atoms with E-state index >= 15 is 0 Å². The van der Waals surface area contributed by atoms with E-state index in [1.54, 1.807) is 19.9 Å². The maximum atomic E-state index is 11.9. The van der Waals surface area contributed by atoms with Gasteiger partial charge in [-0.2, -0.15) is 10.2 Å². The molecule has 1 rings (SSSR count). The Labute approximate surface area is 95.5 Å². The van der Waals surface area contributed by atoms with Gasteiger partial charge in [0.25, 0.3) is 5.91 Å². The van der Waals surface area contributed by atoms with Gasteiger partial charge < -0.3 is 5.32 Å². The Morgan fingerprint density at radius 3 is 2.88 bits per heavy atom. The second-order valence-corrected chi connectivity index (χ2v) is 3.77. The molecule has 0 spiro atoms. The molecule has 1 aromatic rings. The van der Waals surface area contributed by atoms with E-state index in [-0.39, 0.29) is 11.9 Å². The Hall–Kier alpha value is -1.89. The highest BCUT2D eigenvalue weighted by molar-refractivity contribution is 5.95. The van der Waals surface area contributed by atoms with E-state index in [1.807, 2.05) is 6.92 Å². The summed E-state index contributed by atoms with van der Waals surface area (Å²) in [4.78, 5) is 11.9. The van der Waals surface area contributed by atoms with Crippen molar-refractivity contribution in [2.75, 3.05) is 0 Å². The molecule has 1 amide bonds. The Morgan fingerprint density at radius 2 is 2.25 bits per heavy atom. The van der Waals surface area contributed by atoms with Crippen LogP contribution in [0.15, 0.2) is 6.07 Å². The van der Waals surface area contributed by atoms with E-state index in [1.165, 1.54) is 0 Å². The third-order valence-electron chi connectivity index (χ3n) is 2.15. The molecule has 0 aliphatic rings. The molecule has 4 heteroatoms. The summed E-state index contributed by atoms with van der Waals surface area (Å²) in [6.45, 7) is 5.43. The molecule has 0 radical (unpaired) electrons. The van der Waals surface area contributed by atoms with Crippen LogP contribution in [-0.4, -0.2) is 22.1 Å². The second-order valence-electron chi connectivity index (χ2n) is 3.77. The van der Waals surface area contributed by atoms with E-state index < -0.39 is 0 Å². The quantitative estimate of drug-likeness (QED) is 0.775. The average Bonchev–Trinajstić information content (AvgIpc) is 2.21. The number of nitrogens with one attached hydrogen (secondary N) is 1. The molecule has 1 unspecified atom stereocenters. The van der Waals surface area contributed by atoms with E-state index in [0.717, 1.165) is 5.69 Å². The van der Waals surface area contributed by atoms with Crippen LogP contribution < -0.4 is 5.32 Å². The monoisotopic (exact) mass is 217 g/mol. The molecule has 16 heavy (non-hydrogen) atoms. The number of rotatable bonds is 3. The van der Waals surface area contributed by atoms with Gasteiger partial charge in [0.1, 0.15) is 0 Å². The fourth-order valence-corrected chi connectivity index (χ4v) is 1.31. The highest BCUT2D eigenvalue weighted by atomic mass is 16.1. The van der Waals surface area contributed by atoms with Gasteiger partial charge in [0.05, 0.1) is 17.0 Å². The first-order valence-corrected chi connectivity index (χ1v) is 5.10. The smallest absolute Gasteiger partial charge is 0.253 e. The third-order valence-corrected chi connectivity index (χ3v) is 2.15. The zero-order valence-electron chi connectivity index (χ0n) is 9.74. The van der Waals surface area contributed by atoms with Crippen molar-refractivity contribution in [2.24, 2.45) is 0 Å². The van der Waals surface area contributed by atoms with Crippen LogP contribution in [0, 0.1) is 26.2 Å². The topological polar surface area (TPSA) is 54.9 Å². The molecule has 0 saturated carbocycles. The van der Waals surface area contributed by atoms with Crippen LogP contribution in [0.1, 0.15) is 35.1 Å². The number of hydrogen-bond acceptors (Lipinski definition) is 3. The number of carbonyl (C=O) groups is 1. The maximum absolute atomic E-state index is 11.9. The van der Waals surface area contributed by atoms with Crippen LogP contribution in [0.5, 0.6) is 0 Å². The third kappa shape index (κ3) is 3.06. The van der Waals surface area contributed by atoms with Crippen LogP contribution in [0.25, 0.3) is 0 Å². The maximum Gasteiger partial charge on any atom is 0.253 e. The Bertz CT molecular complexity index is 434. The largest absolute Gasteiger partial charge is 0.349 e. The van der Waals surface area contributed by atoms with Crippen LogP contribution in [0.4, 0.5) is 0 Å². The van der Waals surface area contributed by atoms with Crippen LogP contribution in [0.3, 0.4) is 0 Å². The van der Waals surface area contributed by atoms with Gasteiger partial charge in [0.15, 0.2) is 0 Å². The fraction of sp³-hybridized carbons (Fsp3) is 0.417. The zero-order chi connectivity index (χ0) is 12.1. The molecule has 0 fully saturated rings. The van der Waals surface area contributed by atoms with Gasteiger partial charge in [-0.05, 0) is 26.8 Å². The summed E-state index contributed by atoms with van der Waals surface area (Å²) in [6.07, 6.45) is 5.69. The first-order chi connectivity index (χ1) is 7.54. The van der Waals surface area contributed by atoms with Crippen molar-refractivity contribution >= 4 is 5.91 Å². The SMILES string of the molecule is C#CCC(C)NC(=O)c1cc(C)nnc1C. The van der Waals surface area contributed by atoms with Crippen molar-refractivity contribution in [2.45, 2.75) is 33.2 Å². The molecule has 0 bridgehead atoms. The van der Waals surface area contributed by atoms with Crippen molar-refractivity contribution in [3.63, 3.8) is 0 Å². The lowest BCUT2D eigenvalue weighted by atomic mass is 10.1. The van der Waals surface area contributed by atoms with Crippen molar-refractivity contribution < 1.29 is 4.79 Å². The fourth-order valence-electron chi connectivity index (χ4n) is 1.31. The minimum atomic E-state index is -0.154. The molecule has 0 aromatic carbocycles. The van der Waals surface area contributed by atoms with Crippen LogP contribution in [0.2, 0.25) is 0 Å². The highest BCUT2D eigenvalue weighted by Crippen LogP contribution is 2.05. The van der Waals surface area contributed by atoms with Crippen LogP contribution in [-0.2, 0) is 0 Å². The number of hydrogen-bond donors (Lipinski definition) is 1. The normalized spacial score (nSPS) is 11.6. The molecule has 4 nitrogen and oxygen atoms in total. The van der Waals surface area contributed by atoms with Crippen molar-refractivity contribution in [3.8, 4) is 12.3 Å². The summed E-state index contributed by atoms with van der Waals surface area (Å²) >= 11 is 0. The first-order valence-electron chi connectivity index (χ1n) is 5.10. The average molecular weight is 217 g/mol.